The van der Waals surface area contributed by atoms with E-state index in [0.717, 1.165) is 24.5 Å². The van der Waals surface area contributed by atoms with E-state index in [1.165, 1.54) is 42.7 Å². The van der Waals surface area contributed by atoms with Gasteiger partial charge in [-0.1, -0.05) is 68.3 Å². The fraction of sp³-hybridized carbons (Fsp3) is 0.522. The van der Waals surface area contributed by atoms with Gasteiger partial charge < -0.3 is 5.73 Å². The SMILES string of the molecule is CCNP(CCC(CC)CC/C(C)=C/C=C(\C)C(=N)N)Cc1ccccc1. The maximum absolute atomic E-state index is 7.43. The largest absolute Gasteiger partial charge is 0.384 e. The Balaban J connectivity index is 2.49. The van der Waals surface area contributed by atoms with Gasteiger partial charge in [-0.25, -0.2) is 0 Å². The maximum atomic E-state index is 7.43. The number of rotatable bonds is 13. The smallest absolute Gasteiger partial charge is 0.118 e. The molecule has 0 saturated heterocycles. The molecule has 0 radical (unpaired) electrons. The molecule has 0 heterocycles. The van der Waals surface area contributed by atoms with E-state index in [0.29, 0.717) is 0 Å². The van der Waals surface area contributed by atoms with E-state index in [4.69, 9.17) is 11.1 Å². The number of allylic oxidation sites excluding steroid dienone is 3. The Labute approximate surface area is 167 Å². The van der Waals surface area contributed by atoms with Crippen LogP contribution in [-0.2, 0) is 6.16 Å². The Bertz CT molecular complexity index is 607. The van der Waals surface area contributed by atoms with Crippen LogP contribution >= 0.6 is 8.07 Å². The molecule has 150 valence electrons. The quantitative estimate of drug-likeness (QED) is 0.163. The van der Waals surface area contributed by atoms with Crippen molar-refractivity contribution in [2.45, 2.75) is 59.5 Å². The Hall–Kier alpha value is -1.44. The van der Waals surface area contributed by atoms with Crippen LogP contribution in [0.4, 0.5) is 0 Å². The fourth-order valence-corrected chi connectivity index (χ4v) is 5.21. The molecule has 0 aliphatic carbocycles. The van der Waals surface area contributed by atoms with Crippen LogP contribution in [0.3, 0.4) is 0 Å². The summed E-state index contributed by atoms with van der Waals surface area (Å²) >= 11 is 0. The molecule has 0 fully saturated rings. The number of nitrogens with one attached hydrogen (secondary N) is 2. The van der Waals surface area contributed by atoms with E-state index in [-0.39, 0.29) is 13.9 Å². The molecule has 2 unspecified atom stereocenters. The molecule has 3 nitrogen and oxygen atoms in total. The normalized spacial score (nSPS) is 14.8. The molecule has 0 aliphatic rings. The second-order valence-corrected chi connectivity index (χ2v) is 9.46. The monoisotopic (exact) mass is 387 g/mol. The van der Waals surface area contributed by atoms with Gasteiger partial charge in [0.05, 0.1) is 0 Å². The van der Waals surface area contributed by atoms with Crippen molar-refractivity contribution in [1.82, 2.24) is 5.09 Å². The van der Waals surface area contributed by atoms with E-state index in [1.807, 2.05) is 13.0 Å². The second-order valence-electron chi connectivity index (χ2n) is 7.30. The van der Waals surface area contributed by atoms with Crippen LogP contribution in [0, 0.1) is 11.3 Å². The molecule has 0 spiro atoms. The Kier molecular flexibility index (Phi) is 12.0. The summed E-state index contributed by atoms with van der Waals surface area (Å²) in [6.07, 6.45) is 11.5. The van der Waals surface area contributed by atoms with Crippen molar-refractivity contribution in [2.75, 3.05) is 12.7 Å². The van der Waals surface area contributed by atoms with Crippen molar-refractivity contribution in [3.63, 3.8) is 0 Å². The molecule has 0 aliphatic heterocycles. The first-order valence-electron chi connectivity index (χ1n) is 10.2. The van der Waals surface area contributed by atoms with Crippen molar-refractivity contribution in [2.24, 2.45) is 11.7 Å². The standard InChI is InChI=1S/C23H38N3P/c1-5-21(15-13-19(3)12-14-20(4)23(24)25)16-17-27(26-6-2)18-22-10-8-7-9-11-22/h7-12,14,21,26H,5-6,13,15-18H2,1-4H3,(H3,24,25)/b19-12+,20-14+. The average Bonchev–Trinajstić information content (AvgIpc) is 2.66. The summed E-state index contributed by atoms with van der Waals surface area (Å²) in [5, 5.41) is 11.2. The maximum Gasteiger partial charge on any atom is 0.118 e. The summed E-state index contributed by atoms with van der Waals surface area (Å²) in [5.41, 5.74) is 9.14. The van der Waals surface area contributed by atoms with Crippen LogP contribution in [0.2, 0.25) is 0 Å². The van der Waals surface area contributed by atoms with E-state index >= 15 is 0 Å². The Morgan fingerprint density at radius 1 is 1.15 bits per heavy atom. The number of hydrogen-bond donors (Lipinski definition) is 3. The van der Waals surface area contributed by atoms with Crippen molar-refractivity contribution < 1.29 is 0 Å². The summed E-state index contributed by atoms with van der Waals surface area (Å²) in [7, 11) is -0.136. The van der Waals surface area contributed by atoms with Gasteiger partial charge in [0.1, 0.15) is 5.84 Å². The summed E-state index contributed by atoms with van der Waals surface area (Å²) in [6, 6.07) is 10.9. The Morgan fingerprint density at radius 2 is 1.85 bits per heavy atom. The topological polar surface area (TPSA) is 61.9 Å². The van der Waals surface area contributed by atoms with E-state index in [9.17, 15) is 0 Å². The molecule has 27 heavy (non-hydrogen) atoms. The van der Waals surface area contributed by atoms with Crippen molar-refractivity contribution in [3.8, 4) is 0 Å². The van der Waals surface area contributed by atoms with Crippen LogP contribution in [0.15, 0.2) is 53.6 Å². The van der Waals surface area contributed by atoms with Gasteiger partial charge in [-0.2, -0.15) is 0 Å². The van der Waals surface area contributed by atoms with Gasteiger partial charge >= 0.3 is 0 Å². The lowest BCUT2D eigenvalue weighted by Gasteiger charge is -2.22. The molecule has 2 atom stereocenters. The highest BCUT2D eigenvalue weighted by atomic mass is 31.1. The van der Waals surface area contributed by atoms with E-state index < -0.39 is 0 Å². The minimum absolute atomic E-state index is 0.136. The molecule has 1 aromatic carbocycles. The van der Waals surface area contributed by atoms with Crippen LogP contribution in [0.25, 0.3) is 0 Å². The minimum Gasteiger partial charge on any atom is -0.384 e. The lowest BCUT2D eigenvalue weighted by Crippen LogP contribution is -2.12. The predicted molar refractivity (Wildman–Crippen MR) is 123 cm³/mol. The first-order chi connectivity index (χ1) is 13.0. The lowest BCUT2D eigenvalue weighted by molar-refractivity contribution is 0.457. The zero-order valence-electron chi connectivity index (χ0n) is 17.6. The Morgan fingerprint density at radius 3 is 2.44 bits per heavy atom. The van der Waals surface area contributed by atoms with Crippen molar-refractivity contribution >= 4 is 13.9 Å². The molecule has 0 bridgehead atoms. The van der Waals surface area contributed by atoms with Crippen LogP contribution in [-0.4, -0.2) is 18.5 Å². The third-order valence-corrected chi connectivity index (χ3v) is 7.28. The van der Waals surface area contributed by atoms with Crippen LogP contribution in [0.5, 0.6) is 0 Å². The average molecular weight is 388 g/mol. The molecular formula is C23H38N3P. The van der Waals surface area contributed by atoms with Gasteiger partial charge in [0.25, 0.3) is 0 Å². The second kappa shape index (κ2) is 13.7. The van der Waals surface area contributed by atoms with Gasteiger partial charge in [-0.3, -0.25) is 10.5 Å². The van der Waals surface area contributed by atoms with Gasteiger partial charge in [0, 0.05) is 6.16 Å². The zero-order valence-corrected chi connectivity index (χ0v) is 18.5. The highest BCUT2D eigenvalue weighted by molar-refractivity contribution is 7.54. The lowest BCUT2D eigenvalue weighted by atomic mass is 9.95. The number of nitrogens with two attached hydrogens (primary N) is 1. The summed E-state index contributed by atoms with van der Waals surface area (Å²) in [4.78, 5) is 0. The summed E-state index contributed by atoms with van der Waals surface area (Å²) < 4.78 is 0. The first kappa shape index (κ1) is 23.6. The minimum atomic E-state index is -0.136. The van der Waals surface area contributed by atoms with Crippen molar-refractivity contribution in [1.29, 1.82) is 5.41 Å². The molecule has 1 rings (SSSR count). The molecular weight excluding hydrogens is 349 g/mol. The van der Waals surface area contributed by atoms with Crippen LogP contribution < -0.4 is 10.8 Å². The molecule has 0 saturated carbocycles. The molecule has 4 heteroatoms. The number of amidine groups is 1. The highest BCUT2D eigenvalue weighted by Gasteiger charge is 2.12. The zero-order chi connectivity index (χ0) is 20.1. The third kappa shape index (κ3) is 10.5. The summed E-state index contributed by atoms with van der Waals surface area (Å²) in [6.45, 7) is 9.64. The van der Waals surface area contributed by atoms with Crippen molar-refractivity contribution in [3.05, 3.63) is 59.2 Å². The van der Waals surface area contributed by atoms with Gasteiger partial charge in [-0.05, 0) is 70.9 Å². The molecule has 4 N–H and O–H groups in total. The summed E-state index contributed by atoms with van der Waals surface area (Å²) in [5.74, 6) is 0.936. The molecule has 0 amide bonds. The van der Waals surface area contributed by atoms with Gasteiger partial charge in [0.2, 0.25) is 0 Å². The number of hydrogen-bond acceptors (Lipinski definition) is 2. The molecule has 0 aromatic heterocycles. The fourth-order valence-electron chi connectivity index (χ4n) is 3.00. The van der Waals surface area contributed by atoms with Gasteiger partial charge in [0.15, 0.2) is 0 Å². The first-order valence-corrected chi connectivity index (χ1v) is 11.9. The number of benzene rings is 1. The molecule has 1 aromatic rings. The van der Waals surface area contributed by atoms with Gasteiger partial charge in [-0.15, -0.1) is 0 Å². The predicted octanol–water partition coefficient (Wildman–Crippen LogP) is 6.22. The third-order valence-electron chi connectivity index (χ3n) is 4.97. The van der Waals surface area contributed by atoms with Crippen LogP contribution in [0.1, 0.15) is 58.9 Å². The van der Waals surface area contributed by atoms with E-state index in [1.54, 1.807) is 0 Å². The highest BCUT2D eigenvalue weighted by Crippen LogP contribution is 2.37. The van der Waals surface area contributed by atoms with E-state index in [2.05, 4.69) is 62.3 Å².